The lowest BCUT2D eigenvalue weighted by atomic mass is 10.4. The molecule has 0 rings (SSSR count). The minimum atomic E-state index is -2.11. The lowest BCUT2D eigenvalue weighted by Crippen LogP contribution is -2.06. The highest BCUT2D eigenvalue weighted by Gasteiger charge is 2.07. The number of carbonyl (C=O) groups is 2. The number of halogens is 1. The zero-order valence-electron chi connectivity index (χ0n) is 4.81. The summed E-state index contributed by atoms with van der Waals surface area (Å²) in [6, 6.07) is 0. The van der Waals surface area contributed by atoms with Crippen molar-refractivity contribution in [2.45, 2.75) is 6.92 Å². The van der Waals surface area contributed by atoms with Gasteiger partial charge < -0.3 is 4.74 Å². The van der Waals surface area contributed by atoms with Gasteiger partial charge in [-0.25, -0.2) is 9.59 Å². The summed E-state index contributed by atoms with van der Waals surface area (Å²) in [7, 11) is 0. The van der Waals surface area contributed by atoms with Gasteiger partial charge >= 0.3 is 12.2 Å². The summed E-state index contributed by atoms with van der Waals surface area (Å²) in [6.07, 6.45) is -2.11. The molecule has 0 heterocycles. The number of rotatable bonds is 1. The molecule has 0 aromatic rings. The monoisotopic (exact) mass is 132 g/mol. The van der Waals surface area contributed by atoms with Gasteiger partial charge in [0.05, 0.1) is 0 Å². The van der Waals surface area contributed by atoms with Gasteiger partial charge in [0, 0.05) is 5.57 Å². The molecule has 0 bridgehead atoms. The van der Waals surface area contributed by atoms with Crippen LogP contribution in [-0.4, -0.2) is 12.2 Å². The molecule has 9 heavy (non-hydrogen) atoms. The van der Waals surface area contributed by atoms with Crippen molar-refractivity contribution in [3.05, 3.63) is 12.2 Å². The Balaban J connectivity index is 3.79. The number of carbonyl (C=O) groups excluding carboxylic acids is 2. The van der Waals surface area contributed by atoms with Crippen molar-refractivity contribution in [1.82, 2.24) is 0 Å². The van der Waals surface area contributed by atoms with E-state index in [4.69, 9.17) is 0 Å². The number of ether oxygens (including phenoxy) is 1. The van der Waals surface area contributed by atoms with Crippen LogP contribution in [0.5, 0.6) is 0 Å². The van der Waals surface area contributed by atoms with Crippen LogP contribution in [0.15, 0.2) is 12.2 Å². The topological polar surface area (TPSA) is 43.4 Å². The maximum absolute atomic E-state index is 11.2. The molecule has 0 aliphatic carbocycles. The summed E-state index contributed by atoms with van der Waals surface area (Å²) in [5.74, 6) is -1.04. The Morgan fingerprint density at radius 1 is 1.56 bits per heavy atom. The molecule has 0 aliphatic rings. The molecule has 0 N–H and O–H groups in total. The third-order valence-electron chi connectivity index (χ3n) is 0.521. The molecule has 4 heteroatoms. The molecule has 0 unspecified atom stereocenters. The maximum Gasteiger partial charge on any atom is 0.503 e. The van der Waals surface area contributed by atoms with Gasteiger partial charge in [-0.05, 0) is 6.92 Å². The van der Waals surface area contributed by atoms with Crippen molar-refractivity contribution in [3.8, 4) is 0 Å². The predicted octanol–water partition coefficient (Wildman–Crippen LogP) is 1.20. The van der Waals surface area contributed by atoms with Crippen molar-refractivity contribution < 1.29 is 18.7 Å². The molecular weight excluding hydrogens is 127 g/mol. The van der Waals surface area contributed by atoms with E-state index in [0.29, 0.717) is 0 Å². The molecule has 0 fully saturated rings. The Morgan fingerprint density at radius 2 is 2.00 bits per heavy atom. The van der Waals surface area contributed by atoms with Crippen LogP contribution in [0, 0.1) is 0 Å². The van der Waals surface area contributed by atoms with Crippen LogP contribution in [0.2, 0.25) is 0 Å². The highest BCUT2D eigenvalue weighted by Crippen LogP contribution is 1.93. The summed E-state index contributed by atoms with van der Waals surface area (Å²) < 4.78 is 14.7. The molecule has 0 amide bonds. The predicted molar refractivity (Wildman–Crippen MR) is 27.4 cm³/mol. The lowest BCUT2D eigenvalue weighted by Gasteiger charge is -1.92. The zero-order valence-corrected chi connectivity index (χ0v) is 4.81. The summed E-state index contributed by atoms with van der Waals surface area (Å²) in [6.45, 7) is 4.43. The average molecular weight is 132 g/mol. The van der Waals surface area contributed by atoms with Crippen molar-refractivity contribution in [2.24, 2.45) is 0 Å². The second kappa shape index (κ2) is 2.96. The molecule has 0 atom stereocenters. The second-order valence-corrected chi connectivity index (χ2v) is 1.41. The Kier molecular flexibility index (Phi) is 2.57. The molecule has 0 aromatic carbocycles. The molecule has 0 saturated heterocycles. The first-order valence-corrected chi connectivity index (χ1v) is 2.11. The van der Waals surface area contributed by atoms with Gasteiger partial charge in [-0.1, -0.05) is 6.58 Å². The van der Waals surface area contributed by atoms with Crippen LogP contribution in [-0.2, 0) is 9.53 Å². The van der Waals surface area contributed by atoms with Gasteiger partial charge in [-0.15, -0.1) is 4.39 Å². The Hall–Kier alpha value is -1.19. The van der Waals surface area contributed by atoms with Gasteiger partial charge in [0.15, 0.2) is 0 Å². The first-order chi connectivity index (χ1) is 4.04. The van der Waals surface area contributed by atoms with Crippen molar-refractivity contribution in [3.63, 3.8) is 0 Å². The largest absolute Gasteiger partial charge is 0.503 e. The van der Waals surface area contributed by atoms with E-state index in [1.54, 1.807) is 0 Å². The fourth-order valence-electron chi connectivity index (χ4n) is 0.160. The van der Waals surface area contributed by atoms with E-state index in [-0.39, 0.29) is 5.57 Å². The third kappa shape index (κ3) is 3.40. The molecule has 0 spiro atoms. The van der Waals surface area contributed by atoms with E-state index in [9.17, 15) is 14.0 Å². The molecule has 0 aliphatic heterocycles. The highest BCUT2D eigenvalue weighted by atomic mass is 19.1. The summed E-state index contributed by atoms with van der Waals surface area (Å²) in [5.41, 5.74) is -0.0130. The van der Waals surface area contributed by atoms with E-state index in [1.165, 1.54) is 6.92 Å². The Bertz CT molecular complexity index is 162. The SMILES string of the molecule is C=C(C)C(=O)OC(=O)F. The normalized spacial score (nSPS) is 8.22. The smallest absolute Gasteiger partial charge is 0.363 e. The highest BCUT2D eigenvalue weighted by molar-refractivity contribution is 5.93. The van der Waals surface area contributed by atoms with Crippen LogP contribution in [0.25, 0.3) is 0 Å². The van der Waals surface area contributed by atoms with Gasteiger partial charge in [-0.2, -0.15) is 0 Å². The van der Waals surface area contributed by atoms with Crippen molar-refractivity contribution in [2.75, 3.05) is 0 Å². The summed E-state index contributed by atoms with van der Waals surface area (Å²) in [4.78, 5) is 19.6. The molecule has 0 saturated carbocycles. The van der Waals surface area contributed by atoms with E-state index in [0.717, 1.165) is 0 Å². The molecule has 0 radical (unpaired) electrons. The van der Waals surface area contributed by atoms with Gasteiger partial charge in [0.2, 0.25) is 0 Å². The first-order valence-electron chi connectivity index (χ1n) is 2.11. The minimum absolute atomic E-state index is 0.0130. The molecule has 0 aromatic heterocycles. The van der Waals surface area contributed by atoms with Crippen LogP contribution in [0.3, 0.4) is 0 Å². The van der Waals surface area contributed by atoms with Crippen molar-refractivity contribution >= 4 is 12.2 Å². The summed E-state index contributed by atoms with van der Waals surface area (Å²) in [5, 5.41) is 0. The maximum atomic E-state index is 11.2. The van der Waals surface area contributed by atoms with Gasteiger partial charge in [0.25, 0.3) is 0 Å². The first kappa shape index (κ1) is 7.81. The van der Waals surface area contributed by atoms with Crippen LogP contribution < -0.4 is 0 Å². The van der Waals surface area contributed by atoms with Crippen LogP contribution in [0.1, 0.15) is 6.92 Å². The zero-order chi connectivity index (χ0) is 7.44. The van der Waals surface area contributed by atoms with E-state index in [1.807, 2.05) is 0 Å². The van der Waals surface area contributed by atoms with Gasteiger partial charge in [0.1, 0.15) is 0 Å². The quantitative estimate of drug-likeness (QED) is 0.233. The average Bonchev–Trinajstić information content (AvgIpc) is 1.63. The Morgan fingerprint density at radius 3 is 2.11 bits per heavy atom. The van der Waals surface area contributed by atoms with E-state index in [2.05, 4.69) is 11.3 Å². The lowest BCUT2D eigenvalue weighted by molar-refractivity contribution is -0.133. The van der Waals surface area contributed by atoms with Crippen LogP contribution >= 0.6 is 0 Å². The van der Waals surface area contributed by atoms with Gasteiger partial charge in [-0.3, -0.25) is 0 Å². The summed E-state index contributed by atoms with van der Waals surface area (Å²) >= 11 is 0. The van der Waals surface area contributed by atoms with E-state index < -0.39 is 12.2 Å². The second-order valence-electron chi connectivity index (χ2n) is 1.41. The number of esters is 1. The molecular formula is C5H5FO3. The van der Waals surface area contributed by atoms with Crippen molar-refractivity contribution in [1.29, 1.82) is 0 Å². The fraction of sp³-hybridized carbons (Fsp3) is 0.200. The molecule has 50 valence electrons. The number of hydrogen-bond donors (Lipinski definition) is 0. The number of hydrogen-bond acceptors (Lipinski definition) is 3. The van der Waals surface area contributed by atoms with Crippen LogP contribution in [0.4, 0.5) is 9.18 Å². The Labute approximate surface area is 51.1 Å². The molecule has 3 nitrogen and oxygen atoms in total. The standard InChI is InChI=1S/C5H5FO3/c1-3(2)4(7)9-5(6)8/h1H2,2H3. The van der Waals surface area contributed by atoms with E-state index >= 15 is 0 Å². The minimum Gasteiger partial charge on any atom is -0.363 e. The fourth-order valence-corrected chi connectivity index (χ4v) is 0.160. The third-order valence-corrected chi connectivity index (χ3v) is 0.521.